The van der Waals surface area contributed by atoms with E-state index in [9.17, 15) is 34.2 Å². The van der Waals surface area contributed by atoms with Crippen molar-refractivity contribution in [2.45, 2.75) is 77.2 Å². The highest BCUT2D eigenvalue weighted by Gasteiger charge is 2.55. The number of aliphatic carboxylic acids is 1. The average Bonchev–Trinajstić information content (AvgIpc) is 3.57. The number of nitrogens with one attached hydrogen (secondary N) is 1. The summed E-state index contributed by atoms with van der Waals surface area (Å²) in [7, 11) is 1.70. The molecule has 0 aromatic heterocycles. The Morgan fingerprint density at radius 3 is 2.44 bits per heavy atom. The third kappa shape index (κ3) is 6.27. The monoisotopic (exact) mass is 593 g/mol. The topological polar surface area (TPSA) is 154 Å². The first kappa shape index (κ1) is 31.7. The third-order valence-electron chi connectivity index (χ3n) is 8.20. The molecule has 4 unspecified atom stereocenters. The van der Waals surface area contributed by atoms with Crippen LogP contribution in [-0.4, -0.2) is 76.4 Å². The van der Waals surface area contributed by atoms with Crippen LogP contribution in [0.2, 0.25) is 0 Å². The van der Waals surface area contributed by atoms with Crippen LogP contribution in [0, 0.1) is 12.3 Å². The van der Waals surface area contributed by atoms with E-state index in [2.05, 4.69) is 5.32 Å². The van der Waals surface area contributed by atoms with Gasteiger partial charge in [0.25, 0.3) is 5.60 Å². The van der Waals surface area contributed by atoms with Gasteiger partial charge in [-0.05, 0) is 61.4 Å². The van der Waals surface area contributed by atoms with Gasteiger partial charge in [0.1, 0.15) is 23.9 Å². The lowest BCUT2D eigenvalue weighted by Crippen LogP contribution is -2.57. The highest BCUT2D eigenvalue weighted by molar-refractivity contribution is 6.00. The molecule has 3 amide bonds. The summed E-state index contributed by atoms with van der Waals surface area (Å²) in [4.78, 5) is 66.7. The number of carbonyl (C=O) groups excluding carboxylic acids is 4. The zero-order chi connectivity index (χ0) is 31.7. The maximum absolute atomic E-state index is 13.9. The van der Waals surface area contributed by atoms with Gasteiger partial charge in [0, 0.05) is 31.3 Å². The summed E-state index contributed by atoms with van der Waals surface area (Å²) < 4.78 is 5.27. The number of carboxylic acids is 1. The summed E-state index contributed by atoms with van der Waals surface area (Å²) in [5.41, 5.74) is -0.479. The van der Waals surface area contributed by atoms with Gasteiger partial charge in [-0.1, -0.05) is 44.5 Å². The SMILES string of the molecule is Cc1ccc(N(C)C(=O)C2CCCN2C(=O)C(NC(=O)CCc2ccc3c(c2)C(O)C(C=O)(C(=O)O)O3)C(C)(C)C)cc1. The van der Waals surface area contributed by atoms with Crippen LogP contribution >= 0.6 is 0 Å². The second kappa shape index (κ2) is 12.2. The summed E-state index contributed by atoms with van der Waals surface area (Å²) in [6.45, 7) is 7.94. The molecule has 2 heterocycles. The zero-order valence-electron chi connectivity index (χ0n) is 25.1. The first-order valence-corrected chi connectivity index (χ1v) is 14.3. The number of nitrogens with zero attached hydrogens (tertiary/aromatic N) is 2. The van der Waals surface area contributed by atoms with E-state index in [1.165, 1.54) is 12.1 Å². The average molecular weight is 594 g/mol. The van der Waals surface area contributed by atoms with Crippen molar-refractivity contribution in [2.24, 2.45) is 5.41 Å². The number of aliphatic hydroxyl groups excluding tert-OH is 1. The van der Waals surface area contributed by atoms with E-state index >= 15 is 0 Å². The molecule has 2 aliphatic rings. The minimum absolute atomic E-state index is 0.00583. The number of aliphatic hydroxyl groups is 1. The first-order chi connectivity index (χ1) is 20.2. The Labute approximate surface area is 250 Å². The Morgan fingerprint density at radius 1 is 1.16 bits per heavy atom. The molecule has 0 radical (unpaired) electrons. The Hall–Kier alpha value is -4.25. The molecule has 11 heteroatoms. The summed E-state index contributed by atoms with van der Waals surface area (Å²) in [6.07, 6.45) is -0.190. The number of likely N-dealkylation sites (N-methyl/N-ethyl adjacent to an activating group) is 1. The maximum Gasteiger partial charge on any atom is 0.358 e. The van der Waals surface area contributed by atoms with E-state index in [-0.39, 0.29) is 48.2 Å². The lowest BCUT2D eigenvalue weighted by atomic mass is 9.85. The second-order valence-corrected chi connectivity index (χ2v) is 12.4. The highest BCUT2D eigenvalue weighted by Crippen LogP contribution is 2.43. The fraction of sp³-hybridized carbons (Fsp3) is 0.469. The molecule has 2 aliphatic heterocycles. The third-order valence-corrected chi connectivity index (χ3v) is 8.20. The standard InChI is InChI=1S/C32H39N3O8/c1-19-8-12-21(13-9-19)34(5)28(39)23-7-6-16-35(23)29(40)26(31(2,3)4)33-25(37)15-11-20-10-14-24-22(17-20)27(38)32(18-36,43-24)30(41)42/h8-10,12-14,17-18,23,26-27,38H,6-7,11,15-16H2,1-5H3,(H,33,37)(H,41,42). The molecule has 43 heavy (non-hydrogen) atoms. The molecule has 0 aliphatic carbocycles. The molecule has 1 saturated heterocycles. The Morgan fingerprint density at radius 2 is 1.84 bits per heavy atom. The van der Waals surface area contributed by atoms with Crippen molar-refractivity contribution < 1.29 is 38.9 Å². The van der Waals surface area contributed by atoms with Crippen molar-refractivity contribution in [1.29, 1.82) is 0 Å². The molecule has 0 saturated carbocycles. The van der Waals surface area contributed by atoms with Crippen molar-refractivity contribution in [2.75, 3.05) is 18.5 Å². The quantitative estimate of drug-likeness (QED) is 0.296. The number of anilines is 1. The molecule has 3 N–H and O–H groups in total. The molecule has 4 atom stereocenters. The number of benzene rings is 2. The number of aldehydes is 1. The van der Waals surface area contributed by atoms with Gasteiger partial charge < -0.3 is 30.1 Å². The summed E-state index contributed by atoms with van der Waals surface area (Å²) in [6, 6.07) is 10.7. The van der Waals surface area contributed by atoms with Crippen LogP contribution in [0.25, 0.3) is 0 Å². The van der Waals surface area contributed by atoms with Gasteiger partial charge in [0.2, 0.25) is 17.7 Å². The second-order valence-electron chi connectivity index (χ2n) is 12.4. The predicted octanol–water partition coefficient (Wildman–Crippen LogP) is 2.56. The molecule has 230 valence electrons. The first-order valence-electron chi connectivity index (χ1n) is 14.3. The van der Waals surface area contributed by atoms with Gasteiger partial charge in [-0.3, -0.25) is 19.2 Å². The number of hydrogen-bond acceptors (Lipinski definition) is 7. The lowest BCUT2D eigenvalue weighted by Gasteiger charge is -2.36. The van der Waals surface area contributed by atoms with E-state index < -0.39 is 35.2 Å². The van der Waals surface area contributed by atoms with Crippen LogP contribution in [0.15, 0.2) is 42.5 Å². The van der Waals surface area contributed by atoms with E-state index in [0.717, 1.165) is 11.3 Å². The van der Waals surface area contributed by atoms with E-state index in [1.807, 2.05) is 52.0 Å². The largest absolute Gasteiger partial charge is 0.478 e. The van der Waals surface area contributed by atoms with Gasteiger partial charge in [-0.25, -0.2) is 4.79 Å². The lowest BCUT2D eigenvalue weighted by molar-refractivity contribution is -0.164. The van der Waals surface area contributed by atoms with Gasteiger partial charge in [0.05, 0.1) is 0 Å². The molecule has 2 aromatic rings. The number of likely N-dealkylation sites (tertiary alicyclic amines) is 1. The van der Waals surface area contributed by atoms with Crippen LogP contribution in [-0.2, 0) is 30.4 Å². The normalized spacial score (nSPS) is 21.9. The fourth-order valence-corrected chi connectivity index (χ4v) is 5.54. The zero-order valence-corrected chi connectivity index (χ0v) is 25.1. The van der Waals surface area contributed by atoms with Crippen LogP contribution in [0.5, 0.6) is 5.75 Å². The molecule has 2 aromatic carbocycles. The van der Waals surface area contributed by atoms with Gasteiger partial charge in [-0.2, -0.15) is 0 Å². The molecule has 11 nitrogen and oxygen atoms in total. The van der Waals surface area contributed by atoms with E-state index in [0.29, 0.717) is 24.9 Å². The molecule has 0 bridgehead atoms. The number of carboxylic acid groups (broad SMARTS) is 1. The number of aryl methyl sites for hydroxylation is 2. The number of carbonyl (C=O) groups is 5. The predicted molar refractivity (Wildman–Crippen MR) is 157 cm³/mol. The number of ether oxygens (including phenoxy) is 1. The summed E-state index contributed by atoms with van der Waals surface area (Å²) in [5.74, 6) is -2.40. The molecule has 4 rings (SSSR count). The van der Waals surface area contributed by atoms with Crippen molar-refractivity contribution >= 4 is 35.7 Å². The minimum atomic E-state index is -2.41. The number of hydrogen-bond donors (Lipinski definition) is 3. The van der Waals surface area contributed by atoms with Crippen LogP contribution in [0.3, 0.4) is 0 Å². The minimum Gasteiger partial charge on any atom is -0.478 e. The van der Waals surface area contributed by atoms with Crippen molar-refractivity contribution in [1.82, 2.24) is 10.2 Å². The molecular weight excluding hydrogens is 554 g/mol. The van der Waals surface area contributed by atoms with Gasteiger partial charge >= 0.3 is 5.97 Å². The van der Waals surface area contributed by atoms with Crippen molar-refractivity contribution in [3.05, 3.63) is 59.2 Å². The van der Waals surface area contributed by atoms with E-state index in [1.54, 1.807) is 22.9 Å². The summed E-state index contributed by atoms with van der Waals surface area (Å²) in [5, 5.41) is 22.8. The smallest absolute Gasteiger partial charge is 0.358 e. The molecule has 0 spiro atoms. The Bertz CT molecular complexity index is 1420. The van der Waals surface area contributed by atoms with Crippen LogP contribution in [0.1, 0.15) is 62.8 Å². The number of rotatable bonds is 9. The van der Waals surface area contributed by atoms with Crippen molar-refractivity contribution in [3.63, 3.8) is 0 Å². The van der Waals surface area contributed by atoms with E-state index in [4.69, 9.17) is 4.74 Å². The van der Waals surface area contributed by atoms with Crippen LogP contribution < -0.4 is 15.0 Å². The summed E-state index contributed by atoms with van der Waals surface area (Å²) >= 11 is 0. The highest BCUT2D eigenvalue weighted by atomic mass is 16.6. The fourth-order valence-electron chi connectivity index (χ4n) is 5.54. The maximum atomic E-state index is 13.9. The Balaban J connectivity index is 1.43. The molecule has 1 fully saturated rings. The molecular formula is C32H39N3O8. The van der Waals surface area contributed by atoms with Gasteiger partial charge in [0.15, 0.2) is 6.29 Å². The van der Waals surface area contributed by atoms with Crippen LogP contribution in [0.4, 0.5) is 5.69 Å². The Kier molecular flexibility index (Phi) is 8.96. The number of amides is 3. The van der Waals surface area contributed by atoms with Crippen molar-refractivity contribution in [3.8, 4) is 5.75 Å². The number of fused-ring (bicyclic) bond motifs is 1. The van der Waals surface area contributed by atoms with Gasteiger partial charge in [-0.15, -0.1) is 0 Å².